The molecule has 0 bridgehead atoms. The molecule has 3 aromatic heterocycles. The van der Waals surface area contributed by atoms with E-state index in [0.29, 0.717) is 22.5 Å². The zero-order chi connectivity index (χ0) is 18.8. The Morgan fingerprint density at radius 2 is 2.15 bits per heavy atom. The first-order valence-corrected chi connectivity index (χ1v) is 8.93. The summed E-state index contributed by atoms with van der Waals surface area (Å²) in [5.74, 6) is 0.703. The van der Waals surface area contributed by atoms with Gasteiger partial charge in [0.15, 0.2) is 18.2 Å². The fourth-order valence-corrected chi connectivity index (χ4v) is 3.32. The lowest BCUT2D eigenvalue weighted by Crippen LogP contribution is -2.10. The van der Waals surface area contributed by atoms with Crippen molar-refractivity contribution in [3.8, 4) is 10.6 Å². The van der Waals surface area contributed by atoms with Crippen LogP contribution in [-0.2, 0) is 11.4 Å². The zero-order valence-electron chi connectivity index (χ0n) is 14.2. The van der Waals surface area contributed by atoms with Crippen LogP contribution in [0.25, 0.3) is 21.7 Å². The monoisotopic (exact) mass is 388 g/mol. The van der Waals surface area contributed by atoms with Gasteiger partial charge in [-0.3, -0.25) is 4.57 Å². The Morgan fingerprint density at radius 1 is 1.30 bits per heavy atom. The fourth-order valence-electron chi connectivity index (χ4n) is 2.65. The summed E-state index contributed by atoms with van der Waals surface area (Å²) in [7, 11) is 0. The molecule has 0 spiro atoms. The number of benzene rings is 1. The average molecular weight is 388 g/mol. The molecule has 9 heteroatoms. The van der Waals surface area contributed by atoms with Crippen molar-refractivity contribution in [2.75, 3.05) is 0 Å². The highest BCUT2D eigenvalue weighted by atomic mass is 32.1. The van der Waals surface area contributed by atoms with E-state index in [1.165, 1.54) is 11.3 Å². The van der Waals surface area contributed by atoms with E-state index in [4.69, 9.17) is 9.36 Å². The summed E-state index contributed by atoms with van der Waals surface area (Å²) in [5.41, 5.74) is 1.61. The Hall–Kier alpha value is -3.07. The smallest absolute Gasteiger partial charge is 0.320 e. The topological polar surface area (TPSA) is 65.4 Å². The van der Waals surface area contributed by atoms with Crippen LogP contribution in [0.4, 0.5) is 8.78 Å². The summed E-state index contributed by atoms with van der Waals surface area (Å²) in [6.45, 7) is -1.11. The Morgan fingerprint density at radius 3 is 2.93 bits per heavy atom. The highest BCUT2D eigenvalue weighted by Gasteiger charge is 2.19. The second-order valence-electron chi connectivity index (χ2n) is 5.68. The van der Waals surface area contributed by atoms with E-state index >= 15 is 0 Å². The SMILES string of the molecule is C/C(=N/OCc1cc(-c2cccs2)on1)c1nc2ccccc2n1C(F)F. The normalized spacial score (nSPS) is 12.2. The van der Waals surface area contributed by atoms with Gasteiger partial charge in [0.2, 0.25) is 0 Å². The number of thiophene rings is 1. The first-order valence-electron chi connectivity index (χ1n) is 8.05. The number of aromatic nitrogens is 3. The second kappa shape index (κ2) is 7.28. The minimum Gasteiger partial charge on any atom is -0.389 e. The number of hydrogen-bond donors (Lipinski definition) is 0. The van der Waals surface area contributed by atoms with Gasteiger partial charge in [0.05, 0.1) is 15.9 Å². The Kier molecular flexibility index (Phi) is 4.68. The lowest BCUT2D eigenvalue weighted by atomic mass is 10.3. The van der Waals surface area contributed by atoms with E-state index in [9.17, 15) is 8.78 Å². The third-order valence-electron chi connectivity index (χ3n) is 3.85. The van der Waals surface area contributed by atoms with Crippen molar-refractivity contribution in [1.29, 1.82) is 0 Å². The van der Waals surface area contributed by atoms with Crippen LogP contribution in [-0.4, -0.2) is 20.4 Å². The van der Waals surface area contributed by atoms with Crippen molar-refractivity contribution in [1.82, 2.24) is 14.7 Å². The largest absolute Gasteiger partial charge is 0.389 e. The first-order chi connectivity index (χ1) is 13.1. The van der Waals surface area contributed by atoms with Gasteiger partial charge in [-0.15, -0.1) is 11.3 Å². The molecular weight excluding hydrogens is 374 g/mol. The molecule has 27 heavy (non-hydrogen) atoms. The van der Waals surface area contributed by atoms with Gasteiger partial charge in [-0.1, -0.05) is 28.5 Å². The maximum Gasteiger partial charge on any atom is 0.320 e. The zero-order valence-corrected chi connectivity index (χ0v) is 15.0. The van der Waals surface area contributed by atoms with Gasteiger partial charge >= 0.3 is 6.55 Å². The maximum absolute atomic E-state index is 13.5. The van der Waals surface area contributed by atoms with E-state index in [2.05, 4.69) is 15.3 Å². The van der Waals surface area contributed by atoms with E-state index < -0.39 is 6.55 Å². The molecule has 0 aliphatic heterocycles. The fraction of sp³-hybridized carbons (Fsp3) is 0.167. The Labute approximate surface area is 156 Å². The van der Waals surface area contributed by atoms with Crippen molar-refractivity contribution >= 4 is 28.1 Å². The Bertz CT molecular complexity index is 1090. The van der Waals surface area contributed by atoms with Crippen LogP contribution < -0.4 is 0 Å². The molecule has 4 rings (SSSR count). The van der Waals surface area contributed by atoms with Crippen LogP contribution in [0, 0.1) is 0 Å². The van der Waals surface area contributed by atoms with Gasteiger partial charge in [0.1, 0.15) is 11.4 Å². The number of halogens is 2. The third kappa shape index (κ3) is 3.45. The summed E-state index contributed by atoms with van der Waals surface area (Å²) in [6, 6.07) is 12.3. The molecule has 1 aromatic carbocycles. The number of imidazole rings is 1. The molecule has 0 amide bonds. The highest BCUT2D eigenvalue weighted by molar-refractivity contribution is 7.13. The molecule has 0 aliphatic carbocycles. The molecule has 3 heterocycles. The van der Waals surface area contributed by atoms with Gasteiger partial charge in [-0.2, -0.15) is 8.78 Å². The number of rotatable bonds is 6. The van der Waals surface area contributed by atoms with Gasteiger partial charge in [0, 0.05) is 6.07 Å². The van der Waals surface area contributed by atoms with E-state index in [1.807, 2.05) is 17.5 Å². The molecule has 6 nitrogen and oxygen atoms in total. The lowest BCUT2D eigenvalue weighted by molar-refractivity contribution is 0.0735. The van der Waals surface area contributed by atoms with Crippen molar-refractivity contribution in [2.45, 2.75) is 20.1 Å². The van der Waals surface area contributed by atoms with Crippen molar-refractivity contribution in [3.63, 3.8) is 0 Å². The van der Waals surface area contributed by atoms with Gasteiger partial charge in [-0.25, -0.2) is 4.98 Å². The quantitative estimate of drug-likeness (QED) is 0.341. The number of para-hydroxylation sites is 2. The molecule has 0 fully saturated rings. The van der Waals surface area contributed by atoms with Crippen molar-refractivity contribution in [2.24, 2.45) is 5.16 Å². The summed E-state index contributed by atoms with van der Waals surface area (Å²) < 4.78 is 33.1. The van der Waals surface area contributed by atoms with E-state index in [0.717, 1.165) is 9.44 Å². The molecular formula is C18H14F2N4O2S. The second-order valence-corrected chi connectivity index (χ2v) is 6.63. The first kappa shape index (κ1) is 17.3. The maximum atomic E-state index is 13.5. The summed E-state index contributed by atoms with van der Waals surface area (Å²) in [5, 5.41) is 9.78. The van der Waals surface area contributed by atoms with Crippen LogP contribution in [0.1, 0.15) is 25.0 Å². The highest BCUT2D eigenvalue weighted by Crippen LogP contribution is 2.26. The number of fused-ring (bicyclic) bond motifs is 1. The van der Waals surface area contributed by atoms with Crippen LogP contribution >= 0.6 is 11.3 Å². The van der Waals surface area contributed by atoms with Gasteiger partial charge < -0.3 is 9.36 Å². The number of hydrogen-bond acceptors (Lipinski definition) is 6. The molecule has 138 valence electrons. The third-order valence-corrected chi connectivity index (χ3v) is 4.74. The van der Waals surface area contributed by atoms with Gasteiger partial charge in [-0.05, 0) is 30.5 Å². The minimum atomic E-state index is -2.73. The van der Waals surface area contributed by atoms with E-state index in [-0.39, 0.29) is 18.1 Å². The molecule has 0 saturated carbocycles. The number of oxime groups is 1. The van der Waals surface area contributed by atoms with Crippen molar-refractivity contribution in [3.05, 3.63) is 59.4 Å². The number of nitrogens with zero attached hydrogens (tertiary/aromatic N) is 4. The molecule has 0 aliphatic rings. The van der Waals surface area contributed by atoms with Crippen molar-refractivity contribution < 1.29 is 18.1 Å². The molecule has 0 radical (unpaired) electrons. The summed E-state index contributed by atoms with van der Waals surface area (Å²) >= 11 is 1.54. The Balaban J connectivity index is 1.52. The summed E-state index contributed by atoms with van der Waals surface area (Å²) in [6.07, 6.45) is 0. The lowest BCUT2D eigenvalue weighted by Gasteiger charge is -2.07. The van der Waals surface area contributed by atoms with Crippen LogP contribution in [0.2, 0.25) is 0 Å². The summed E-state index contributed by atoms with van der Waals surface area (Å²) in [4.78, 5) is 10.5. The predicted molar refractivity (Wildman–Crippen MR) is 97.8 cm³/mol. The van der Waals surface area contributed by atoms with E-state index in [1.54, 1.807) is 37.3 Å². The van der Waals surface area contributed by atoms with Gasteiger partial charge in [0.25, 0.3) is 0 Å². The molecule has 0 atom stereocenters. The van der Waals surface area contributed by atoms with Crippen LogP contribution in [0.15, 0.2) is 57.5 Å². The van der Waals surface area contributed by atoms with Crippen LogP contribution in [0.3, 0.4) is 0 Å². The molecule has 0 saturated heterocycles. The standard InChI is InChI=1S/C18H14F2N4O2S/c1-11(17-21-13-5-2-3-6-14(13)24(17)18(19)20)22-25-10-12-9-15(26-23-12)16-7-4-8-27-16/h2-9,18H,10H2,1H3/b22-11-. The predicted octanol–water partition coefficient (Wildman–Crippen LogP) is 5.09. The van der Waals surface area contributed by atoms with Crippen LogP contribution in [0.5, 0.6) is 0 Å². The molecule has 0 unspecified atom stereocenters. The minimum absolute atomic E-state index is 0.0567. The molecule has 4 aromatic rings. The average Bonchev–Trinajstić information content (AvgIpc) is 3.39. The number of alkyl halides is 2. The molecule has 0 N–H and O–H groups in total.